The minimum Gasteiger partial charge on any atom is -0.477 e. The van der Waals surface area contributed by atoms with E-state index in [9.17, 15) is 9.59 Å². The Morgan fingerprint density at radius 3 is 2.23 bits per heavy atom. The Bertz CT molecular complexity index is 807. The molecule has 0 aliphatic carbocycles. The number of halogens is 1. The molecule has 2 aromatic carbocycles. The van der Waals surface area contributed by atoms with Crippen molar-refractivity contribution in [3.63, 3.8) is 0 Å². The summed E-state index contributed by atoms with van der Waals surface area (Å²) in [5, 5.41) is 0.564. The highest BCUT2D eigenvalue weighted by molar-refractivity contribution is 6.30. The van der Waals surface area contributed by atoms with Crippen molar-refractivity contribution >= 4 is 23.3 Å². The van der Waals surface area contributed by atoms with Crippen LogP contribution >= 0.6 is 11.6 Å². The van der Waals surface area contributed by atoms with E-state index >= 15 is 0 Å². The zero-order chi connectivity index (χ0) is 22.0. The third-order valence-electron chi connectivity index (χ3n) is 5.32. The Morgan fingerprint density at radius 1 is 1.03 bits per heavy atom. The molecule has 0 heterocycles. The number of primary amides is 1. The van der Waals surface area contributed by atoms with Gasteiger partial charge in [-0.1, -0.05) is 55.8 Å². The Hall–Kier alpha value is -2.37. The molecule has 2 N–H and O–H groups in total. The number of hydrogen-bond donors (Lipinski definition) is 1. The number of benzene rings is 2. The number of ketones is 1. The van der Waals surface area contributed by atoms with Crippen LogP contribution in [0.2, 0.25) is 5.02 Å². The second kappa shape index (κ2) is 11.7. The molecule has 1 unspecified atom stereocenters. The molecule has 0 saturated heterocycles. The van der Waals surface area contributed by atoms with Crippen molar-refractivity contribution in [2.24, 2.45) is 5.73 Å². The van der Waals surface area contributed by atoms with Crippen molar-refractivity contribution in [1.82, 2.24) is 4.90 Å². The molecule has 30 heavy (non-hydrogen) atoms. The fraction of sp³-hybridized carbons (Fsp3) is 0.417. The Balaban J connectivity index is 2.19. The minimum absolute atomic E-state index is 0.0498. The van der Waals surface area contributed by atoms with Gasteiger partial charge in [0.1, 0.15) is 11.5 Å². The highest BCUT2D eigenvalue weighted by Gasteiger charge is 2.41. The Kier molecular flexibility index (Phi) is 9.34. The third-order valence-corrected chi connectivity index (χ3v) is 5.57. The highest BCUT2D eigenvalue weighted by atomic mass is 35.5. The van der Waals surface area contributed by atoms with Crippen molar-refractivity contribution in [3.8, 4) is 5.75 Å². The number of nitrogens with zero attached hydrogens (tertiary/aromatic N) is 1. The summed E-state index contributed by atoms with van der Waals surface area (Å²) in [5.74, 6) is -0.211. The fourth-order valence-electron chi connectivity index (χ4n) is 3.38. The van der Waals surface area contributed by atoms with Crippen molar-refractivity contribution < 1.29 is 14.3 Å². The van der Waals surface area contributed by atoms with Crippen molar-refractivity contribution in [2.75, 3.05) is 19.6 Å². The van der Waals surface area contributed by atoms with Gasteiger partial charge in [-0.25, -0.2) is 0 Å². The zero-order valence-electron chi connectivity index (χ0n) is 17.8. The first-order chi connectivity index (χ1) is 14.4. The van der Waals surface area contributed by atoms with E-state index in [-0.39, 0.29) is 12.2 Å². The maximum atomic E-state index is 12.8. The van der Waals surface area contributed by atoms with Gasteiger partial charge in [-0.05, 0) is 49.3 Å². The molecular weight excluding hydrogens is 400 g/mol. The second-order valence-corrected chi connectivity index (χ2v) is 7.83. The van der Waals surface area contributed by atoms with E-state index in [4.69, 9.17) is 22.1 Å². The highest BCUT2D eigenvalue weighted by Crippen LogP contribution is 2.28. The van der Waals surface area contributed by atoms with E-state index in [0.29, 0.717) is 36.6 Å². The number of hydrogen-bond acceptors (Lipinski definition) is 4. The summed E-state index contributed by atoms with van der Waals surface area (Å²) in [6.45, 7) is 6.40. The number of Topliss-reactive ketones (excluding diaryl/α,β-unsaturated/α-hetero) is 1. The standard InChI is InChI=1S/C24H31ClN2O3/c1-3-27(4-2)17-16-24(23(26)29,30-22-14-11-20(25)12-15-22)18-21(28)13-10-19-8-6-5-7-9-19/h5-9,11-12,14-15H,3-4,10,13,16-18H2,1-2H3,(H2,26,29). The van der Waals surface area contributed by atoms with E-state index in [1.54, 1.807) is 24.3 Å². The summed E-state index contributed by atoms with van der Waals surface area (Å²) in [7, 11) is 0. The van der Waals surface area contributed by atoms with E-state index in [1.807, 2.05) is 30.3 Å². The third kappa shape index (κ3) is 7.15. The summed E-state index contributed by atoms with van der Waals surface area (Å²) < 4.78 is 6.10. The topological polar surface area (TPSA) is 72.6 Å². The van der Waals surface area contributed by atoms with Crippen molar-refractivity contribution in [2.45, 2.75) is 45.1 Å². The van der Waals surface area contributed by atoms with Gasteiger partial charge in [-0.2, -0.15) is 0 Å². The number of aryl methyl sites for hydroxylation is 1. The maximum absolute atomic E-state index is 12.8. The molecule has 2 aromatic rings. The first-order valence-corrected chi connectivity index (χ1v) is 10.8. The molecule has 5 nitrogen and oxygen atoms in total. The van der Waals surface area contributed by atoms with Gasteiger partial charge in [0, 0.05) is 24.4 Å². The molecule has 0 spiro atoms. The Morgan fingerprint density at radius 2 is 1.67 bits per heavy atom. The van der Waals surface area contributed by atoms with Gasteiger partial charge in [0.2, 0.25) is 0 Å². The van der Waals surface area contributed by atoms with Gasteiger partial charge in [0.05, 0.1) is 6.42 Å². The molecule has 1 atom stereocenters. The molecule has 0 aromatic heterocycles. The van der Waals surface area contributed by atoms with E-state index in [0.717, 1.165) is 18.7 Å². The first kappa shape index (κ1) is 23.9. The average Bonchev–Trinajstić information content (AvgIpc) is 2.75. The number of nitrogens with two attached hydrogens (primary N) is 1. The lowest BCUT2D eigenvalue weighted by atomic mass is 9.89. The molecule has 0 aliphatic heterocycles. The quantitative estimate of drug-likeness (QED) is 0.515. The lowest BCUT2D eigenvalue weighted by Gasteiger charge is -2.33. The monoisotopic (exact) mass is 430 g/mol. The lowest BCUT2D eigenvalue weighted by Crippen LogP contribution is -2.52. The largest absolute Gasteiger partial charge is 0.477 e. The summed E-state index contributed by atoms with van der Waals surface area (Å²) in [6, 6.07) is 16.5. The smallest absolute Gasteiger partial charge is 0.262 e. The van der Waals surface area contributed by atoms with E-state index in [2.05, 4.69) is 18.7 Å². The van der Waals surface area contributed by atoms with Gasteiger partial charge in [-0.15, -0.1) is 0 Å². The van der Waals surface area contributed by atoms with Gasteiger partial charge >= 0.3 is 0 Å². The molecule has 162 valence electrons. The number of ether oxygens (including phenoxy) is 1. The molecule has 0 bridgehead atoms. The second-order valence-electron chi connectivity index (χ2n) is 7.39. The van der Waals surface area contributed by atoms with Crippen LogP contribution in [0.4, 0.5) is 0 Å². The summed E-state index contributed by atoms with van der Waals surface area (Å²) in [6.07, 6.45) is 1.22. The van der Waals surface area contributed by atoms with Gasteiger partial charge in [0.25, 0.3) is 5.91 Å². The van der Waals surface area contributed by atoms with E-state index < -0.39 is 11.5 Å². The molecule has 0 radical (unpaired) electrons. The van der Waals surface area contributed by atoms with Crippen LogP contribution in [0.25, 0.3) is 0 Å². The van der Waals surface area contributed by atoms with Crippen molar-refractivity contribution in [1.29, 1.82) is 0 Å². The minimum atomic E-state index is -1.40. The average molecular weight is 431 g/mol. The van der Waals surface area contributed by atoms with E-state index in [1.165, 1.54) is 0 Å². The molecule has 1 amide bonds. The predicted molar refractivity (Wildman–Crippen MR) is 121 cm³/mol. The normalized spacial score (nSPS) is 13.1. The van der Waals surface area contributed by atoms with Crippen molar-refractivity contribution in [3.05, 3.63) is 65.2 Å². The predicted octanol–water partition coefficient (Wildman–Crippen LogP) is 4.27. The lowest BCUT2D eigenvalue weighted by molar-refractivity contribution is -0.140. The first-order valence-electron chi connectivity index (χ1n) is 10.4. The van der Waals surface area contributed by atoms with Crippen LogP contribution in [0.3, 0.4) is 0 Å². The Labute approximate surface area is 184 Å². The number of amides is 1. The van der Waals surface area contributed by atoms with Gasteiger partial charge in [-0.3, -0.25) is 9.59 Å². The van der Waals surface area contributed by atoms with Gasteiger partial charge < -0.3 is 15.4 Å². The fourth-order valence-corrected chi connectivity index (χ4v) is 3.50. The maximum Gasteiger partial charge on any atom is 0.262 e. The molecule has 0 fully saturated rings. The van der Waals surface area contributed by atoms with Crippen LogP contribution in [0.15, 0.2) is 54.6 Å². The van der Waals surface area contributed by atoms with Crippen LogP contribution in [0.1, 0.15) is 38.7 Å². The van der Waals surface area contributed by atoms with Crippen LogP contribution in [0, 0.1) is 0 Å². The van der Waals surface area contributed by atoms with Crippen LogP contribution in [0.5, 0.6) is 5.75 Å². The van der Waals surface area contributed by atoms with Crippen LogP contribution in [-0.2, 0) is 16.0 Å². The summed E-state index contributed by atoms with van der Waals surface area (Å²) in [4.78, 5) is 27.6. The summed E-state index contributed by atoms with van der Waals surface area (Å²) >= 11 is 5.96. The number of carbonyl (C=O) groups excluding carboxylic acids is 2. The van der Waals surface area contributed by atoms with Crippen LogP contribution < -0.4 is 10.5 Å². The van der Waals surface area contributed by atoms with Crippen LogP contribution in [-0.4, -0.2) is 41.8 Å². The molecule has 2 rings (SSSR count). The number of rotatable bonds is 13. The van der Waals surface area contributed by atoms with Gasteiger partial charge in [0.15, 0.2) is 5.60 Å². The molecular formula is C24H31ClN2O3. The zero-order valence-corrected chi connectivity index (χ0v) is 18.5. The molecule has 0 aliphatic rings. The number of carbonyl (C=O) groups is 2. The molecule has 6 heteroatoms. The molecule has 0 saturated carbocycles. The summed E-state index contributed by atoms with van der Waals surface area (Å²) in [5.41, 5.74) is 5.50. The SMILES string of the molecule is CCN(CC)CCC(CC(=O)CCc1ccccc1)(Oc1ccc(Cl)cc1)C(N)=O.